The number of hydrogen-bond donors (Lipinski definition) is 2. The Labute approximate surface area is 138 Å². The van der Waals surface area contributed by atoms with E-state index in [0.29, 0.717) is 5.69 Å². The Morgan fingerprint density at radius 1 is 1.54 bits per heavy atom. The number of amides is 1. The van der Waals surface area contributed by atoms with Crippen LogP contribution in [0.15, 0.2) is 10.6 Å². The highest BCUT2D eigenvalue weighted by molar-refractivity contribution is 7.92. The van der Waals surface area contributed by atoms with E-state index in [4.69, 9.17) is 9.73 Å². The van der Waals surface area contributed by atoms with Crippen molar-refractivity contribution in [1.29, 1.82) is 0 Å². The third kappa shape index (κ3) is 5.28. The summed E-state index contributed by atoms with van der Waals surface area (Å²) in [5, 5.41) is 12.4. The largest absolute Gasteiger partial charge is 0.347 e. The van der Waals surface area contributed by atoms with Gasteiger partial charge >= 0.3 is 0 Å². The number of nitrogens with one attached hydrogen (secondary N) is 1. The van der Waals surface area contributed by atoms with Gasteiger partial charge < -0.3 is 4.52 Å². The monoisotopic (exact) mass is 364 g/mol. The van der Waals surface area contributed by atoms with E-state index in [1.54, 1.807) is 0 Å². The van der Waals surface area contributed by atoms with Gasteiger partial charge in [0.25, 0.3) is 5.91 Å². The van der Waals surface area contributed by atoms with Crippen molar-refractivity contribution in [3.8, 4) is 11.8 Å². The lowest BCUT2D eigenvalue weighted by Crippen LogP contribution is -2.49. The molecule has 1 aromatic rings. The molecule has 0 bridgehead atoms. The van der Waals surface area contributed by atoms with Gasteiger partial charge in [-0.2, -0.15) is 0 Å². The number of aryl methyl sites for hydroxylation is 1. The molecular formula is C14H18F2N2O5S. The van der Waals surface area contributed by atoms with Crippen molar-refractivity contribution in [2.75, 3.05) is 6.26 Å². The van der Waals surface area contributed by atoms with Gasteiger partial charge in [-0.3, -0.25) is 10.0 Å². The Morgan fingerprint density at radius 2 is 2.21 bits per heavy atom. The smallest absolute Gasteiger partial charge is 0.264 e. The molecule has 0 aliphatic rings. The molecule has 2 N–H and O–H groups in total. The molecule has 0 aromatic carbocycles. The number of nitrogens with zero attached hydrogens (tertiary/aromatic N) is 1. The van der Waals surface area contributed by atoms with Gasteiger partial charge in [-0.25, -0.2) is 22.7 Å². The Hall–Kier alpha value is -1.99. The summed E-state index contributed by atoms with van der Waals surface area (Å²) in [4.78, 5) is 11.7. The maximum absolute atomic E-state index is 12.0. The van der Waals surface area contributed by atoms with Crippen LogP contribution in [0.25, 0.3) is 0 Å². The van der Waals surface area contributed by atoms with E-state index in [1.807, 2.05) is 0 Å². The quantitative estimate of drug-likeness (QED) is 0.429. The van der Waals surface area contributed by atoms with Gasteiger partial charge in [0.2, 0.25) is 12.2 Å². The third-order valence-corrected chi connectivity index (χ3v) is 5.54. The average Bonchev–Trinajstić information content (AvgIpc) is 2.95. The van der Waals surface area contributed by atoms with E-state index >= 15 is 0 Å². The van der Waals surface area contributed by atoms with Crippen LogP contribution < -0.4 is 5.48 Å². The van der Waals surface area contributed by atoms with Crippen molar-refractivity contribution in [1.82, 2.24) is 10.6 Å². The molecule has 0 fully saturated rings. The summed E-state index contributed by atoms with van der Waals surface area (Å²) >= 11 is 0. The molecule has 0 saturated heterocycles. The van der Waals surface area contributed by atoms with E-state index in [2.05, 4.69) is 17.0 Å². The zero-order chi connectivity index (χ0) is 18.4. The molecule has 24 heavy (non-hydrogen) atoms. The summed E-state index contributed by atoms with van der Waals surface area (Å²) in [6.07, 6.45) is -1.91. The molecule has 1 unspecified atom stereocenters. The van der Waals surface area contributed by atoms with Gasteiger partial charge in [0, 0.05) is 25.2 Å². The Kier molecular flexibility index (Phi) is 6.86. The lowest BCUT2D eigenvalue weighted by Gasteiger charge is -2.24. The molecule has 1 atom stereocenters. The topological polar surface area (TPSA) is 110 Å². The number of sulfone groups is 1. The number of aromatic nitrogens is 1. The van der Waals surface area contributed by atoms with Crippen molar-refractivity contribution in [2.45, 2.75) is 43.8 Å². The lowest BCUT2D eigenvalue weighted by atomic mass is 10.0. The van der Waals surface area contributed by atoms with Crippen molar-refractivity contribution in [3.63, 3.8) is 0 Å². The molecule has 1 amide bonds. The van der Waals surface area contributed by atoms with Gasteiger partial charge in [0.1, 0.15) is 4.75 Å². The normalized spacial score (nSPS) is 13.9. The first-order valence-corrected chi connectivity index (χ1v) is 8.86. The van der Waals surface area contributed by atoms with Gasteiger partial charge in [-0.1, -0.05) is 11.1 Å². The van der Waals surface area contributed by atoms with Crippen LogP contribution in [-0.4, -0.2) is 42.1 Å². The average molecular weight is 364 g/mol. The highest BCUT2D eigenvalue weighted by atomic mass is 32.2. The minimum absolute atomic E-state index is 0.0104. The summed E-state index contributed by atoms with van der Waals surface area (Å²) in [6.45, 7) is 1.19. The Balaban J connectivity index is 2.75. The molecule has 0 aliphatic heterocycles. The van der Waals surface area contributed by atoms with Crippen molar-refractivity contribution >= 4 is 15.7 Å². The summed E-state index contributed by atoms with van der Waals surface area (Å²) in [5.74, 6) is 4.16. The summed E-state index contributed by atoms with van der Waals surface area (Å²) in [7, 11) is -3.79. The molecule has 1 rings (SSSR count). The lowest BCUT2D eigenvalue weighted by molar-refractivity contribution is -0.131. The maximum atomic E-state index is 12.0. The van der Waals surface area contributed by atoms with Gasteiger partial charge in [-0.15, -0.1) is 0 Å². The molecule has 0 radical (unpaired) electrons. The van der Waals surface area contributed by atoms with E-state index in [9.17, 15) is 22.0 Å². The zero-order valence-electron chi connectivity index (χ0n) is 13.2. The number of hydrogen-bond acceptors (Lipinski definition) is 6. The van der Waals surface area contributed by atoms with Crippen molar-refractivity contribution < 1.29 is 31.7 Å². The van der Waals surface area contributed by atoms with Crippen molar-refractivity contribution in [3.05, 3.63) is 17.5 Å². The number of carbonyl (C=O) groups is 1. The molecule has 10 heteroatoms. The van der Waals surface area contributed by atoms with Crippen LogP contribution in [0.3, 0.4) is 0 Å². The van der Waals surface area contributed by atoms with Gasteiger partial charge in [0.05, 0.1) is 5.69 Å². The molecule has 1 aromatic heterocycles. The fourth-order valence-electron chi connectivity index (χ4n) is 1.77. The molecule has 134 valence electrons. The Bertz CT molecular complexity index is 736. The summed E-state index contributed by atoms with van der Waals surface area (Å²) < 4.78 is 50.6. The van der Waals surface area contributed by atoms with Crippen LogP contribution in [0, 0.1) is 11.8 Å². The van der Waals surface area contributed by atoms with Gasteiger partial charge in [-0.05, 0) is 25.7 Å². The highest BCUT2D eigenvalue weighted by Gasteiger charge is 2.43. The van der Waals surface area contributed by atoms with E-state index in [0.717, 1.165) is 6.26 Å². The SMILES string of the molecule is CC(CCc1cc(C#CCCC(F)F)on1)(C(=O)NO)S(C)(=O)=O. The first-order valence-electron chi connectivity index (χ1n) is 6.97. The fourth-order valence-corrected chi connectivity index (χ4v) is 2.63. The number of hydroxylamine groups is 1. The van der Waals surface area contributed by atoms with Crippen LogP contribution in [-0.2, 0) is 21.1 Å². The van der Waals surface area contributed by atoms with Crippen LogP contribution >= 0.6 is 0 Å². The molecule has 7 nitrogen and oxygen atoms in total. The summed E-state index contributed by atoms with van der Waals surface area (Å²) in [5.41, 5.74) is 1.71. The van der Waals surface area contributed by atoms with Crippen LogP contribution in [0.2, 0.25) is 0 Å². The van der Waals surface area contributed by atoms with E-state index < -0.39 is 26.9 Å². The number of carbonyl (C=O) groups excluding carboxylic acids is 1. The first-order chi connectivity index (χ1) is 11.1. The fraction of sp³-hybridized carbons (Fsp3) is 0.571. The maximum Gasteiger partial charge on any atom is 0.264 e. The molecule has 0 aliphatic carbocycles. The standard InChI is InChI=1S/C14H18F2N2O5S/c1-14(13(19)17-20,24(2,21)22)8-7-10-9-11(23-18-10)5-3-4-6-12(15)16/h9,12,20H,4,6-8H2,1-2H3,(H,17,19). The highest BCUT2D eigenvalue weighted by Crippen LogP contribution is 2.23. The van der Waals surface area contributed by atoms with Crippen LogP contribution in [0.5, 0.6) is 0 Å². The van der Waals surface area contributed by atoms with Gasteiger partial charge in [0.15, 0.2) is 9.84 Å². The minimum atomic E-state index is -3.79. The predicted octanol–water partition coefficient (Wildman–Crippen LogP) is 1.31. The Morgan fingerprint density at radius 3 is 2.75 bits per heavy atom. The van der Waals surface area contributed by atoms with E-state index in [1.165, 1.54) is 18.5 Å². The number of alkyl halides is 2. The second kappa shape index (κ2) is 8.21. The second-order valence-corrected chi connectivity index (χ2v) is 7.80. The van der Waals surface area contributed by atoms with Crippen molar-refractivity contribution in [2.24, 2.45) is 0 Å². The number of halogens is 2. The van der Waals surface area contributed by atoms with Crippen LogP contribution in [0.4, 0.5) is 8.78 Å². The first kappa shape index (κ1) is 20.1. The minimum Gasteiger partial charge on any atom is -0.347 e. The predicted molar refractivity (Wildman–Crippen MR) is 80.1 cm³/mol. The second-order valence-electron chi connectivity index (χ2n) is 5.36. The third-order valence-electron chi connectivity index (χ3n) is 3.52. The van der Waals surface area contributed by atoms with E-state index in [-0.39, 0.29) is 31.4 Å². The molecule has 0 saturated carbocycles. The summed E-state index contributed by atoms with van der Waals surface area (Å²) in [6, 6.07) is 1.44. The molecular weight excluding hydrogens is 346 g/mol. The number of rotatable bonds is 7. The van der Waals surface area contributed by atoms with Crippen LogP contribution in [0.1, 0.15) is 37.6 Å². The molecule has 1 heterocycles. The zero-order valence-corrected chi connectivity index (χ0v) is 14.0. The molecule has 0 spiro atoms.